The Kier molecular flexibility index (Phi) is 6.47. The van der Waals surface area contributed by atoms with Crippen molar-refractivity contribution in [3.63, 3.8) is 0 Å². The number of furan rings is 1. The highest BCUT2D eigenvalue weighted by Crippen LogP contribution is 2.35. The number of carbonyl (C=O) groups is 1. The maximum absolute atomic E-state index is 14.3. The number of sulfonamides is 1. The van der Waals surface area contributed by atoms with Crippen molar-refractivity contribution in [1.29, 1.82) is 0 Å². The summed E-state index contributed by atoms with van der Waals surface area (Å²) in [6.45, 7) is 0.480. The number of carbonyl (C=O) groups excluding carboxylic acids is 1. The monoisotopic (exact) mass is 539 g/mol. The summed E-state index contributed by atoms with van der Waals surface area (Å²) in [5, 5.41) is 0.339. The smallest absolute Gasteiger partial charge is 0.252 e. The van der Waals surface area contributed by atoms with Crippen molar-refractivity contribution in [2.24, 2.45) is 5.92 Å². The van der Waals surface area contributed by atoms with Crippen molar-refractivity contribution in [2.45, 2.75) is 23.6 Å². The van der Waals surface area contributed by atoms with Gasteiger partial charge in [0, 0.05) is 13.1 Å². The average molecular weight is 540 g/mol. The van der Waals surface area contributed by atoms with Crippen molar-refractivity contribution >= 4 is 65.6 Å². The Morgan fingerprint density at radius 1 is 1.24 bits per heavy atom. The van der Waals surface area contributed by atoms with Crippen LogP contribution in [0.5, 0.6) is 0 Å². The van der Waals surface area contributed by atoms with Crippen LogP contribution in [0.4, 0.5) is 9.52 Å². The SMILES string of the molecule is O=C(C1CCCN(S(=O)(=O)c2ccc(Cl)s2)C1)N(Cc1ccco1)c1nc2c(F)cccc2s1. The number of amides is 1. The number of para-hydroxylation sites is 1. The molecule has 1 aliphatic rings. The van der Waals surface area contributed by atoms with Gasteiger partial charge in [0.15, 0.2) is 5.13 Å². The van der Waals surface area contributed by atoms with Crippen LogP contribution in [0.1, 0.15) is 18.6 Å². The van der Waals surface area contributed by atoms with E-state index in [-0.39, 0.29) is 28.7 Å². The van der Waals surface area contributed by atoms with E-state index >= 15 is 0 Å². The molecule has 12 heteroatoms. The van der Waals surface area contributed by atoms with Gasteiger partial charge in [0.05, 0.1) is 27.8 Å². The first kappa shape index (κ1) is 23.4. The number of benzene rings is 1. The highest BCUT2D eigenvalue weighted by atomic mass is 35.5. The van der Waals surface area contributed by atoms with Gasteiger partial charge in [0.2, 0.25) is 5.91 Å². The van der Waals surface area contributed by atoms with E-state index in [0.717, 1.165) is 11.3 Å². The molecule has 0 spiro atoms. The Labute approximate surface area is 208 Å². The highest BCUT2D eigenvalue weighted by molar-refractivity contribution is 7.91. The van der Waals surface area contributed by atoms with Crippen LogP contribution in [0, 0.1) is 11.7 Å². The summed E-state index contributed by atoms with van der Waals surface area (Å²) in [5.74, 6) is -0.776. The van der Waals surface area contributed by atoms with Crippen molar-refractivity contribution in [3.8, 4) is 0 Å². The van der Waals surface area contributed by atoms with Gasteiger partial charge in [-0.05, 0) is 49.2 Å². The minimum absolute atomic E-state index is 0.0462. The van der Waals surface area contributed by atoms with Gasteiger partial charge in [-0.3, -0.25) is 9.69 Å². The van der Waals surface area contributed by atoms with E-state index in [9.17, 15) is 17.6 Å². The van der Waals surface area contributed by atoms with Gasteiger partial charge in [-0.25, -0.2) is 17.8 Å². The molecule has 178 valence electrons. The fourth-order valence-electron chi connectivity index (χ4n) is 3.96. The lowest BCUT2D eigenvalue weighted by molar-refractivity contribution is -0.123. The Hall–Kier alpha value is -2.31. The fraction of sp³-hybridized carbons (Fsp3) is 0.273. The number of halogens is 2. The van der Waals surface area contributed by atoms with E-state index in [1.807, 2.05) is 0 Å². The third kappa shape index (κ3) is 4.50. The first-order chi connectivity index (χ1) is 16.3. The Morgan fingerprint density at radius 2 is 2.09 bits per heavy atom. The molecule has 0 aliphatic carbocycles. The molecule has 0 bridgehead atoms. The van der Waals surface area contributed by atoms with Crippen LogP contribution in [0.15, 0.2) is 57.4 Å². The average Bonchev–Trinajstić information content (AvgIpc) is 3.58. The molecule has 34 heavy (non-hydrogen) atoms. The summed E-state index contributed by atoms with van der Waals surface area (Å²) in [6, 6.07) is 11.2. The van der Waals surface area contributed by atoms with Crippen LogP contribution in [0.3, 0.4) is 0 Å². The molecule has 1 atom stereocenters. The zero-order chi connectivity index (χ0) is 23.9. The minimum Gasteiger partial charge on any atom is -0.467 e. The van der Waals surface area contributed by atoms with Gasteiger partial charge in [0.1, 0.15) is 21.3 Å². The maximum Gasteiger partial charge on any atom is 0.252 e. The van der Waals surface area contributed by atoms with E-state index in [0.29, 0.717) is 39.3 Å². The normalized spacial score (nSPS) is 17.3. The summed E-state index contributed by atoms with van der Waals surface area (Å²) in [4.78, 5) is 19.6. The molecule has 0 N–H and O–H groups in total. The predicted octanol–water partition coefficient (Wildman–Crippen LogP) is 5.38. The topological polar surface area (TPSA) is 83.7 Å². The van der Waals surface area contributed by atoms with Gasteiger partial charge in [0.25, 0.3) is 10.0 Å². The number of nitrogens with zero attached hydrogens (tertiary/aromatic N) is 3. The minimum atomic E-state index is -3.76. The number of thiazole rings is 1. The molecular formula is C22H19ClFN3O4S3. The van der Waals surface area contributed by atoms with Gasteiger partial charge in [-0.2, -0.15) is 4.31 Å². The zero-order valence-corrected chi connectivity index (χ0v) is 20.9. The molecule has 4 heterocycles. The largest absolute Gasteiger partial charge is 0.467 e. The van der Waals surface area contributed by atoms with Crippen LogP contribution in [-0.4, -0.2) is 36.7 Å². The second-order valence-corrected chi connectivity index (χ2v) is 12.7. The molecule has 1 amide bonds. The van der Waals surface area contributed by atoms with Crippen LogP contribution in [0.2, 0.25) is 4.34 Å². The second kappa shape index (κ2) is 9.38. The number of piperidine rings is 1. The van der Waals surface area contributed by atoms with E-state index in [1.165, 1.54) is 38.9 Å². The van der Waals surface area contributed by atoms with E-state index in [2.05, 4.69) is 4.98 Å². The molecular weight excluding hydrogens is 521 g/mol. The summed E-state index contributed by atoms with van der Waals surface area (Å²) in [5.41, 5.74) is 0.196. The number of hydrogen-bond acceptors (Lipinski definition) is 7. The van der Waals surface area contributed by atoms with Gasteiger partial charge < -0.3 is 4.42 Å². The molecule has 0 saturated carbocycles. The van der Waals surface area contributed by atoms with Gasteiger partial charge >= 0.3 is 0 Å². The third-order valence-electron chi connectivity index (χ3n) is 5.63. The quantitative estimate of drug-likeness (QED) is 0.328. The van der Waals surface area contributed by atoms with Crippen LogP contribution >= 0.6 is 34.3 Å². The fourth-order valence-corrected chi connectivity index (χ4v) is 8.11. The molecule has 5 rings (SSSR count). The van der Waals surface area contributed by atoms with E-state index in [1.54, 1.807) is 30.3 Å². The molecule has 4 aromatic rings. The molecule has 0 radical (unpaired) electrons. The van der Waals surface area contributed by atoms with Crippen LogP contribution in [0.25, 0.3) is 10.2 Å². The summed E-state index contributed by atoms with van der Waals surface area (Å²) in [7, 11) is -3.76. The highest BCUT2D eigenvalue weighted by Gasteiger charge is 2.37. The second-order valence-electron chi connectivity index (χ2n) is 7.85. The van der Waals surface area contributed by atoms with Crippen molar-refractivity contribution in [3.05, 3.63) is 64.6 Å². The lowest BCUT2D eigenvalue weighted by Crippen LogP contribution is -2.46. The standard InChI is InChI=1S/C22H19ClFN3O4S3/c23-18-8-9-19(33-18)34(29,30)26-10-2-4-14(12-26)21(28)27(13-15-5-3-11-31-15)22-25-20-16(24)6-1-7-17(20)32-22/h1,3,5-9,11,14H,2,4,10,12-13H2. The number of rotatable bonds is 6. The molecule has 3 aromatic heterocycles. The van der Waals surface area contributed by atoms with Gasteiger partial charge in [-0.15, -0.1) is 11.3 Å². The van der Waals surface area contributed by atoms with Crippen LogP contribution in [-0.2, 0) is 21.4 Å². The Morgan fingerprint density at radius 3 is 2.79 bits per heavy atom. The maximum atomic E-state index is 14.3. The predicted molar refractivity (Wildman–Crippen MR) is 130 cm³/mol. The molecule has 1 saturated heterocycles. The summed E-state index contributed by atoms with van der Waals surface area (Å²) >= 11 is 8.14. The molecule has 1 aromatic carbocycles. The lowest BCUT2D eigenvalue weighted by Gasteiger charge is -2.33. The molecule has 1 unspecified atom stereocenters. The first-order valence-corrected chi connectivity index (χ1v) is 13.9. The van der Waals surface area contributed by atoms with Crippen LogP contribution < -0.4 is 4.90 Å². The Balaban J connectivity index is 1.45. The molecule has 1 aliphatic heterocycles. The zero-order valence-electron chi connectivity index (χ0n) is 17.7. The summed E-state index contributed by atoms with van der Waals surface area (Å²) < 4.78 is 48.4. The van der Waals surface area contributed by atoms with Crippen molar-refractivity contribution < 1.29 is 22.0 Å². The molecule has 1 fully saturated rings. The van der Waals surface area contributed by atoms with E-state index < -0.39 is 21.8 Å². The molecule has 7 nitrogen and oxygen atoms in total. The van der Waals surface area contributed by atoms with Crippen molar-refractivity contribution in [2.75, 3.05) is 18.0 Å². The number of anilines is 1. The summed E-state index contributed by atoms with van der Waals surface area (Å²) in [6.07, 6.45) is 2.58. The number of hydrogen-bond donors (Lipinski definition) is 0. The Bertz CT molecular complexity index is 1430. The lowest BCUT2D eigenvalue weighted by atomic mass is 9.98. The number of thiophene rings is 1. The first-order valence-electron chi connectivity index (χ1n) is 10.5. The number of aromatic nitrogens is 1. The third-order valence-corrected chi connectivity index (χ3v) is 10.2. The van der Waals surface area contributed by atoms with E-state index in [4.69, 9.17) is 16.0 Å². The van der Waals surface area contributed by atoms with Crippen molar-refractivity contribution in [1.82, 2.24) is 9.29 Å². The van der Waals surface area contributed by atoms with Gasteiger partial charge in [-0.1, -0.05) is 29.0 Å². The number of fused-ring (bicyclic) bond motifs is 1.